The minimum absolute atomic E-state index is 0.218. The molecule has 0 radical (unpaired) electrons. The molecule has 2 aromatic carbocycles. The molecule has 0 bridgehead atoms. The fourth-order valence-corrected chi connectivity index (χ4v) is 4.64. The number of imidazole rings is 1. The Kier molecular flexibility index (Phi) is 6.37. The SMILES string of the molecule is CCCc1cn(-c2c(F)cccc2Br)c(=O)n1Cc1ccc(-c2cnccc2-c2nnn[nH]2)cc1. The smallest absolute Gasteiger partial charge is 0.292 e. The quantitative estimate of drug-likeness (QED) is 0.324. The van der Waals surface area contributed by atoms with E-state index in [1.807, 2.05) is 30.3 Å². The third kappa shape index (κ3) is 4.44. The summed E-state index contributed by atoms with van der Waals surface area (Å²) in [7, 11) is 0. The van der Waals surface area contributed by atoms with Gasteiger partial charge in [-0.05, 0) is 62.1 Å². The number of benzene rings is 2. The van der Waals surface area contributed by atoms with E-state index in [-0.39, 0.29) is 11.4 Å². The lowest BCUT2D eigenvalue weighted by molar-refractivity contribution is 0.612. The van der Waals surface area contributed by atoms with E-state index in [0.29, 0.717) is 23.3 Å². The van der Waals surface area contributed by atoms with Crippen molar-refractivity contribution in [3.63, 3.8) is 0 Å². The highest BCUT2D eigenvalue weighted by Gasteiger charge is 2.17. The van der Waals surface area contributed by atoms with Crippen LogP contribution in [0.4, 0.5) is 4.39 Å². The Hall–Kier alpha value is -3.92. The minimum Gasteiger partial charge on any atom is -0.292 e. The van der Waals surface area contributed by atoms with E-state index in [2.05, 4.69) is 48.5 Å². The lowest BCUT2D eigenvalue weighted by atomic mass is 10.0. The normalized spacial score (nSPS) is 11.2. The van der Waals surface area contributed by atoms with Crippen LogP contribution in [0, 0.1) is 5.82 Å². The third-order valence-corrected chi connectivity index (χ3v) is 6.41. The molecule has 0 unspecified atom stereocenters. The zero-order chi connectivity index (χ0) is 24.4. The van der Waals surface area contributed by atoms with E-state index in [0.717, 1.165) is 34.4 Å². The summed E-state index contributed by atoms with van der Waals surface area (Å²) in [6, 6.07) is 14.4. The van der Waals surface area contributed by atoms with Crippen molar-refractivity contribution in [2.24, 2.45) is 0 Å². The second-order valence-electron chi connectivity index (χ2n) is 8.05. The van der Waals surface area contributed by atoms with Crippen molar-refractivity contribution in [2.75, 3.05) is 0 Å². The number of tetrazole rings is 1. The number of H-pyrrole nitrogens is 1. The van der Waals surface area contributed by atoms with Gasteiger partial charge < -0.3 is 0 Å². The van der Waals surface area contributed by atoms with E-state index in [9.17, 15) is 9.18 Å². The zero-order valence-electron chi connectivity index (χ0n) is 18.8. The van der Waals surface area contributed by atoms with Gasteiger partial charge in [0, 0.05) is 39.9 Å². The molecule has 8 nitrogen and oxygen atoms in total. The number of hydrogen-bond donors (Lipinski definition) is 1. The van der Waals surface area contributed by atoms with Gasteiger partial charge in [-0.2, -0.15) is 0 Å². The van der Waals surface area contributed by atoms with Crippen molar-refractivity contribution in [1.82, 2.24) is 34.7 Å². The van der Waals surface area contributed by atoms with E-state index in [4.69, 9.17) is 0 Å². The molecule has 3 aromatic heterocycles. The summed E-state index contributed by atoms with van der Waals surface area (Å²) in [5.74, 6) is 0.100. The summed E-state index contributed by atoms with van der Waals surface area (Å²) in [4.78, 5) is 17.6. The van der Waals surface area contributed by atoms with Crippen LogP contribution in [-0.2, 0) is 13.0 Å². The van der Waals surface area contributed by atoms with E-state index in [1.54, 1.807) is 35.3 Å². The number of halogens is 2. The Bertz CT molecular complexity index is 1500. The van der Waals surface area contributed by atoms with Gasteiger partial charge in [-0.15, -0.1) is 5.10 Å². The molecule has 0 amide bonds. The summed E-state index contributed by atoms with van der Waals surface area (Å²) in [6.45, 7) is 2.43. The average Bonchev–Trinajstić information content (AvgIpc) is 3.50. The molecule has 0 spiro atoms. The lowest BCUT2D eigenvalue weighted by Gasteiger charge is -2.10. The maximum absolute atomic E-state index is 14.6. The molecule has 35 heavy (non-hydrogen) atoms. The molecule has 0 aliphatic heterocycles. The molecule has 0 atom stereocenters. The first kappa shape index (κ1) is 22.9. The maximum atomic E-state index is 14.6. The van der Waals surface area contributed by atoms with Crippen LogP contribution >= 0.6 is 15.9 Å². The molecular formula is C25H21BrFN7O. The number of aryl methyl sites for hydroxylation is 1. The van der Waals surface area contributed by atoms with Crippen LogP contribution < -0.4 is 5.69 Å². The number of nitrogens with zero attached hydrogens (tertiary/aromatic N) is 6. The van der Waals surface area contributed by atoms with Crippen LogP contribution in [0.1, 0.15) is 24.6 Å². The molecule has 0 fully saturated rings. The van der Waals surface area contributed by atoms with Gasteiger partial charge in [-0.3, -0.25) is 14.1 Å². The van der Waals surface area contributed by atoms with Crippen molar-refractivity contribution in [2.45, 2.75) is 26.3 Å². The number of hydrogen-bond acceptors (Lipinski definition) is 5. The van der Waals surface area contributed by atoms with E-state index in [1.165, 1.54) is 10.6 Å². The molecule has 0 aliphatic rings. The van der Waals surface area contributed by atoms with Gasteiger partial charge in [0.2, 0.25) is 0 Å². The Labute approximate surface area is 208 Å². The summed E-state index contributed by atoms with van der Waals surface area (Å²) >= 11 is 3.38. The molecule has 5 aromatic rings. The number of rotatable bonds is 7. The lowest BCUT2D eigenvalue weighted by Crippen LogP contribution is -2.25. The van der Waals surface area contributed by atoms with Crippen LogP contribution in [0.5, 0.6) is 0 Å². The van der Waals surface area contributed by atoms with Gasteiger partial charge in [-0.1, -0.05) is 43.7 Å². The van der Waals surface area contributed by atoms with Crippen LogP contribution in [0.15, 0.2) is 76.4 Å². The first-order valence-corrected chi connectivity index (χ1v) is 11.9. The third-order valence-electron chi connectivity index (χ3n) is 5.77. The number of nitrogens with one attached hydrogen (secondary N) is 1. The molecule has 1 N–H and O–H groups in total. The van der Waals surface area contributed by atoms with Crippen LogP contribution in [0.2, 0.25) is 0 Å². The highest BCUT2D eigenvalue weighted by molar-refractivity contribution is 9.10. The van der Waals surface area contributed by atoms with Gasteiger partial charge in [0.15, 0.2) is 5.82 Å². The van der Waals surface area contributed by atoms with Crippen molar-refractivity contribution in [3.8, 4) is 28.2 Å². The second-order valence-corrected chi connectivity index (χ2v) is 8.90. The molecule has 176 valence electrons. The predicted octanol–water partition coefficient (Wildman–Crippen LogP) is 4.78. The zero-order valence-corrected chi connectivity index (χ0v) is 20.4. The predicted molar refractivity (Wildman–Crippen MR) is 134 cm³/mol. The van der Waals surface area contributed by atoms with Gasteiger partial charge in [0.25, 0.3) is 0 Å². The van der Waals surface area contributed by atoms with Gasteiger partial charge in [-0.25, -0.2) is 14.3 Å². The molecule has 10 heteroatoms. The van der Waals surface area contributed by atoms with E-state index >= 15 is 0 Å². The molecule has 3 heterocycles. The fourth-order valence-electron chi connectivity index (χ4n) is 4.11. The first-order chi connectivity index (χ1) is 17.1. The minimum atomic E-state index is -0.458. The average molecular weight is 534 g/mol. The Morgan fingerprint density at radius 3 is 2.63 bits per heavy atom. The fraction of sp³-hybridized carbons (Fsp3) is 0.160. The van der Waals surface area contributed by atoms with Crippen molar-refractivity contribution < 1.29 is 4.39 Å². The van der Waals surface area contributed by atoms with Crippen molar-refractivity contribution in [3.05, 3.63) is 99.2 Å². The molecule has 0 aliphatic carbocycles. The van der Waals surface area contributed by atoms with E-state index < -0.39 is 5.82 Å². The van der Waals surface area contributed by atoms with Crippen LogP contribution in [0.3, 0.4) is 0 Å². The van der Waals surface area contributed by atoms with Crippen molar-refractivity contribution >= 4 is 15.9 Å². The Balaban J connectivity index is 1.49. The number of para-hydroxylation sites is 1. The molecule has 0 saturated heterocycles. The highest BCUT2D eigenvalue weighted by atomic mass is 79.9. The molecule has 5 rings (SSSR count). The topological polar surface area (TPSA) is 94.3 Å². The largest absolute Gasteiger partial charge is 0.333 e. The summed E-state index contributed by atoms with van der Waals surface area (Å²) < 4.78 is 18.2. The van der Waals surface area contributed by atoms with Gasteiger partial charge >= 0.3 is 5.69 Å². The first-order valence-electron chi connectivity index (χ1n) is 11.1. The van der Waals surface area contributed by atoms with Gasteiger partial charge in [0.05, 0.1) is 6.54 Å². The van der Waals surface area contributed by atoms with Gasteiger partial charge in [0.1, 0.15) is 11.5 Å². The number of pyridine rings is 1. The Morgan fingerprint density at radius 1 is 1.09 bits per heavy atom. The van der Waals surface area contributed by atoms with Crippen LogP contribution in [0.25, 0.3) is 28.2 Å². The highest BCUT2D eigenvalue weighted by Crippen LogP contribution is 2.29. The molecular weight excluding hydrogens is 513 g/mol. The van der Waals surface area contributed by atoms with Crippen LogP contribution in [-0.4, -0.2) is 34.7 Å². The summed E-state index contributed by atoms with van der Waals surface area (Å²) in [5, 5.41) is 14.1. The maximum Gasteiger partial charge on any atom is 0.333 e. The number of aromatic amines is 1. The number of aromatic nitrogens is 7. The summed E-state index contributed by atoms with van der Waals surface area (Å²) in [5.41, 5.74) is 4.41. The summed E-state index contributed by atoms with van der Waals surface area (Å²) in [6.07, 6.45) is 6.76. The standard InChI is InChI=1S/C25H21BrFN7O/c1-2-4-18-15-34(23-21(26)5-3-6-22(23)27)25(35)33(18)14-16-7-9-17(10-8-16)20-13-28-12-11-19(20)24-29-31-32-30-24/h3,5-13,15H,2,4,14H2,1H3,(H,29,30,31,32). The molecule has 0 saturated carbocycles. The monoisotopic (exact) mass is 533 g/mol. The Morgan fingerprint density at radius 2 is 1.91 bits per heavy atom. The van der Waals surface area contributed by atoms with Crippen molar-refractivity contribution in [1.29, 1.82) is 0 Å². The second kappa shape index (κ2) is 9.75.